The van der Waals surface area contributed by atoms with Gasteiger partial charge in [0.1, 0.15) is 30.2 Å². The quantitative estimate of drug-likeness (QED) is 0.0652. The molecule has 18 heteroatoms. The Morgan fingerprint density at radius 1 is 0.897 bits per heavy atom. The summed E-state index contributed by atoms with van der Waals surface area (Å²) in [6, 6.07) is 11.4. The molecule has 1 aromatic heterocycles. The molecule has 5 atom stereocenters. The Bertz CT molecular complexity index is 1980. The van der Waals surface area contributed by atoms with Crippen LogP contribution in [0, 0.1) is 0 Å². The zero-order chi connectivity index (χ0) is 41.6. The third-order valence-electron chi connectivity index (χ3n) is 10.2. The maximum atomic E-state index is 14.2. The summed E-state index contributed by atoms with van der Waals surface area (Å²) in [4.78, 5) is 103. The molecular formula is C40H53N11O7. The molecule has 3 aromatic rings. The highest BCUT2D eigenvalue weighted by Crippen LogP contribution is 2.21. The van der Waals surface area contributed by atoms with Gasteiger partial charge in [-0.05, 0) is 55.7 Å². The number of nitrogens with one attached hydrogen (secondary N) is 7. The molecule has 18 nitrogen and oxygen atoms in total. The average Bonchev–Trinajstić information content (AvgIpc) is 3.86. The van der Waals surface area contributed by atoms with E-state index in [1.54, 1.807) is 6.20 Å². The molecule has 58 heavy (non-hydrogen) atoms. The number of H-pyrrole nitrogens is 1. The van der Waals surface area contributed by atoms with Crippen molar-refractivity contribution in [1.82, 2.24) is 41.8 Å². The van der Waals surface area contributed by atoms with Gasteiger partial charge in [0.05, 0.1) is 6.54 Å². The van der Waals surface area contributed by atoms with Crippen molar-refractivity contribution in [2.24, 2.45) is 16.5 Å². The lowest BCUT2D eigenvalue weighted by atomic mass is 10.0. The minimum absolute atomic E-state index is 0.0668. The summed E-state index contributed by atoms with van der Waals surface area (Å²) in [5.41, 5.74) is 13.3. The minimum Gasteiger partial charge on any atom is -0.370 e. The molecule has 3 heterocycles. The molecule has 0 radical (unpaired) electrons. The molecule has 0 bridgehead atoms. The third kappa shape index (κ3) is 12.0. The predicted molar refractivity (Wildman–Crippen MR) is 215 cm³/mol. The Labute approximate surface area is 336 Å². The zero-order valence-corrected chi connectivity index (χ0v) is 32.6. The number of hydrogen-bond donors (Lipinski definition) is 9. The number of fused-ring (bicyclic) bond motifs is 2. The topological polar surface area (TPSA) is 275 Å². The van der Waals surface area contributed by atoms with E-state index in [4.69, 9.17) is 11.5 Å². The highest BCUT2D eigenvalue weighted by atomic mass is 16.2. The lowest BCUT2D eigenvalue weighted by Crippen LogP contribution is -2.58. The highest BCUT2D eigenvalue weighted by Gasteiger charge is 2.39. The molecule has 2 saturated heterocycles. The van der Waals surface area contributed by atoms with E-state index in [2.05, 4.69) is 41.9 Å². The predicted octanol–water partition coefficient (Wildman–Crippen LogP) is -1.02. The maximum absolute atomic E-state index is 14.2. The Hall–Kier alpha value is -6.46. The summed E-state index contributed by atoms with van der Waals surface area (Å²) in [7, 11) is 0. The van der Waals surface area contributed by atoms with E-state index in [9.17, 15) is 33.6 Å². The van der Waals surface area contributed by atoms with Crippen LogP contribution in [0.25, 0.3) is 10.9 Å². The van der Waals surface area contributed by atoms with Crippen molar-refractivity contribution in [3.8, 4) is 0 Å². The summed E-state index contributed by atoms with van der Waals surface area (Å²) < 4.78 is 0. The first-order chi connectivity index (χ1) is 27.9. The van der Waals surface area contributed by atoms with Gasteiger partial charge in [0.2, 0.25) is 41.4 Å². The summed E-state index contributed by atoms with van der Waals surface area (Å²) in [6.45, 7) is 1.30. The molecule has 5 rings (SSSR count). The van der Waals surface area contributed by atoms with Crippen LogP contribution in [0.2, 0.25) is 0 Å². The van der Waals surface area contributed by atoms with E-state index in [-0.39, 0.29) is 57.7 Å². The molecular weight excluding hydrogens is 747 g/mol. The Morgan fingerprint density at radius 3 is 2.41 bits per heavy atom. The Morgan fingerprint density at radius 2 is 1.66 bits per heavy atom. The number of aliphatic imine (C=N–C) groups is 1. The standard InChI is InChI=1S/C40H53N11O7/c1-24(52)47-31(20-25-10-3-2-4-11-25)36(55)50-30-15-8-17-43-35(54)29(14-7-18-44-40(41)42)49-37(56)32(21-26-22-45-28-13-6-5-12-27(26)28)48-34(53)23-46-38(57)33-16-9-19-51(33)39(30)58/h2-6,10-13,22,29-33,45H,7-9,14-21,23H2,1H3,(H,43,54)(H,46,57)(H,47,52)(H,48,53)(H,49,56)(H,50,55)(H4,41,42,44)/t29-,30?,31-,32-,33-/m0/s1. The number of aromatic amines is 1. The molecule has 310 valence electrons. The van der Waals surface area contributed by atoms with E-state index in [0.717, 1.165) is 22.0 Å². The van der Waals surface area contributed by atoms with Crippen molar-refractivity contribution >= 4 is 58.2 Å². The van der Waals surface area contributed by atoms with Crippen LogP contribution in [-0.4, -0.2) is 114 Å². The number of nitrogens with zero attached hydrogens (tertiary/aromatic N) is 2. The largest absolute Gasteiger partial charge is 0.370 e. The fraction of sp³-hybridized carbons (Fsp3) is 0.450. The fourth-order valence-electron chi connectivity index (χ4n) is 7.28. The Kier molecular flexibility index (Phi) is 15.2. The number of rotatable bonds is 11. The highest BCUT2D eigenvalue weighted by molar-refractivity contribution is 5.97. The molecule has 2 aliphatic rings. The molecule has 2 aliphatic heterocycles. The van der Waals surface area contributed by atoms with Crippen molar-refractivity contribution in [2.45, 2.75) is 88.5 Å². The molecule has 0 saturated carbocycles. The molecule has 0 aliphatic carbocycles. The van der Waals surface area contributed by atoms with Gasteiger partial charge in [-0.25, -0.2) is 0 Å². The number of nitrogens with two attached hydrogens (primary N) is 2. The van der Waals surface area contributed by atoms with Gasteiger partial charge in [0, 0.05) is 56.5 Å². The van der Waals surface area contributed by atoms with E-state index in [1.807, 2.05) is 54.6 Å². The second kappa shape index (κ2) is 20.6. The van der Waals surface area contributed by atoms with E-state index in [1.165, 1.54) is 11.8 Å². The number of aromatic nitrogens is 1. The average molecular weight is 800 g/mol. The normalized spacial score (nSPS) is 21.6. The monoisotopic (exact) mass is 799 g/mol. The third-order valence-corrected chi connectivity index (χ3v) is 10.2. The van der Waals surface area contributed by atoms with Crippen LogP contribution in [0.5, 0.6) is 0 Å². The summed E-state index contributed by atoms with van der Waals surface area (Å²) >= 11 is 0. The molecule has 2 aromatic carbocycles. The van der Waals surface area contributed by atoms with E-state index in [0.29, 0.717) is 19.3 Å². The van der Waals surface area contributed by atoms with Crippen molar-refractivity contribution in [1.29, 1.82) is 0 Å². The van der Waals surface area contributed by atoms with Gasteiger partial charge in [-0.2, -0.15) is 0 Å². The fourth-order valence-corrected chi connectivity index (χ4v) is 7.28. The molecule has 11 N–H and O–H groups in total. The SMILES string of the molecule is CC(=O)N[C@@H](Cc1ccccc1)C(=O)NC1CCCNC(=O)[C@H](CCCN=C(N)N)NC(=O)[C@H](Cc2c[nH]c3ccccc23)NC(=O)CNC(=O)[C@@H]2CCCN2C1=O. The van der Waals surface area contributed by atoms with Gasteiger partial charge in [-0.3, -0.25) is 38.6 Å². The molecule has 0 spiro atoms. The van der Waals surface area contributed by atoms with Crippen LogP contribution in [0.4, 0.5) is 0 Å². The Balaban J connectivity index is 1.38. The van der Waals surface area contributed by atoms with Crippen molar-refractivity contribution < 1.29 is 33.6 Å². The minimum atomic E-state index is -1.13. The van der Waals surface area contributed by atoms with Crippen LogP contribution < -0.4 is 43.4 Å². The molecule has 1 unspecified atom stereocenters. The maximum Gasteiger partial charge on any atom is 0.245 e. The second-order valence-electron chi connectivity index (χ2n) is 14.5. The van der Waals surface area contributed by atoms with Crippen LogP contribution in [0.1, 0.15) is 56.6 Å². The second-order valence-corrected chi connectivity index (χ2v) is 14.5. The molecule has 7 amide bonds. The van der Waals surface area contributed by atoms with E-state index >= 15 is 0 Å². The smallest absolute Gasteiger partial charge is 0.245 e. The number of hydrogen-bond acceptors (Lipinski definition) is 8. The van der Waals surface area contributed by atoms with Crippen molar-refractivity contribution in [3.63, 3.8) is 0 Å². The van der Waals surface area contributed by atoms with E-state index < -0.39 is 78.1 Å². The number of guanidine groups is 1. The van der Waals surface area contributed by atoms with Crippen LogP contribution in [0.15, 0.2) is 65.8 Å². The summed E-state index contributed by atoms with van der Waals surface area (Å²) in [6.07, 6.45) is 3.61. The first kappa shape index (κ1) is 42.7. The number of benzene rings is 2. The lowest BCUT2D eigenvalue weighted by molar-refractivity contribution is -0.142. The first-order valence-corrected chi connectivity index (χ1v) is 19.6. The van der Waals surface area contributed by atoms with Gasteiger partial charge >= 0.3 is 0 Å². The number of amides is 7. The van der Waals surface area contributed by atoms with Gasteiger partial charge in [-0.1, -0.05) is 48.5 Å². The van der Waals surface area contributed by atoms with Gasteiger partial charge in [0.15, 0.2) is 5.96 Å². The lowest BCUT2D eigenvalue weighted by Gasteiger charge is -2.30. The number of carbonyl (C=O) groups is 7. The zero-order valence-electron chi connectivity index (χ0n) is 32.6. The van der Waals surface area contributed by atoms with Crippen LogP contribution >= 0.6 is 0 Å². The van der Waals surface area contributed by atoms with Gasteiger partial charge in [-0.15, -0.1) is 0 Å². The van der Waals surface area contributed by atoms with Crippen LogP contribution in [0.3, 0.4) is 0 Å². The van der Waals surface area contributed by atoms with Gasteiger partial charge in [0.25, 0.3) is 0 Å². The first-order valence-electron chi connectivity index (χ1n) is 19.6. The van der Waals surface area contributed by atoms with Gasteiger partial charge < -0.3 is 53.3 Å². The number of carbonyl (C=O) groups excluding carboxylic acids is 7. The van der Waals surface area contributed by atoms with Crippen molar-refractivity contribution in [3.05, 3.63) is 71.9 Å². The van der Waals surface area contributed by atoms with Crippen molar-refractivity contribution in [2.75, 3.05) is 26.2 Å². The molecule has 2 fully saturated rings. The van der Waals surface area contributed by atoms with Crippen LogP contribution in [-0.2, 0) is 46.4 Å². The summed E-state index contributed by atoms with van der Waals surface area (Å²) in [5.74, 6) is -3.99. The summed E-state index contributed by atoms with van der Waals surface area (Å²) in [5, 5.41) is 17.3. The number of para-hydroxylation sites is 1.